The summed E-state index contributed by atoms with van der Waals surface area (Å²) >= 11 is 0. The molecule has 0 unspecified atom stereocenters. The average Bonchev–Trinajstić information content (AvgIpc) is 2.46. The third kappa shape index (κ3) is 6.10. The zero-order valence-electron chi connectivity index (χ0n) is 11.9. The second-order valence-corrected chi connectivity index (χ2v) is 4.34. The fraction of sp³-hybridized carbons (Fsp3) is 0.385. The minimum atomic E-state index is -4.96. The molecule has 0 radical (unpaired) electrons. The molecule has 0 heterocycles. The van der Waals surface area contributed by atoms with E-state index in [1.165, 1.54) is 0 Å². The van der Waals surface area contributed by atoms with Gasteiger partial charge in [0.05, 0.1) is 26.1 Å². The van der Waals surface area contributed by atoms with E-state index in [-0.39, 0.29) is 5.56 Å². The first-order chi connectivity index (χ1) is 10.7. The van der Waals surface area contributed by atoms with Crippen molar-refractivity contribution in [3.63, 3.8) is 0 Å². The summed E-state index contributed by atoms with van der Waals surface area (Å²) in [6.45, 7) is -0.446. The number of nitrogens with one attached hydrogen (secondary N) is 1. The second-order valence-electron chi connectivity index (χ2n) is 4.34. The Morgan fingerprint density at radius 1 is 1.35 bits per heavy atom. The first-order valence-electron chi connectivity index (χ1n) is 6.27. The molecule has 0 aromatic heterocycles. The van der Waals surface area contributed by atoms with Crippen LogP contribution in [0.15, 0.2) is 18.2 Å². The van der Waals surface area contributed by atoms with E-state index < -0.39 is 48.8 Å². The maximum absolute atomic E-state index is 13.9. The van der Waals surface area contributed by atoms with Gasteiger partial charge in [-0.15, -0.1) is 13.2 Å². The summed E-state index contributed by atoms with van der Waals surface area (Å²) in [5, 5.41) is 2.24. The Morgan fingerprint density at radius 2 is 2.00 bits per heavy atom. The van der Waals surface area contributed by atoms with E-state index in [4.69, 9.17) is 5.73 Å². The first kappa shape index (κ1) is 18.7. The van der Waals surface area contributed by atoms with Crippen LogP contribution >= 0.6 is 0 Å². The molecule has 0 saturated carbocycles. The number of carbonyl (C=O) groups excluding carboxylic acids is 2. The van der Waals surface area contributed by atoms with Gasteiger partial charge in [-0.3, -0.25) is 9.59 Å². The SMILES string of the molecule is COC(=O)C[C@H](NC(=O)CN)c1cc(OC(F)(F)F)ccc1F. The molecule has 10 heteroatoms. The van der Waals surface area contributed by atoms with Crippen LogP contribution in [0.2, 0.25) is 0 Å². The van der Waals surface area contributed by atoms with Crippen molar-refractivity contribution in [2.24, 2.45) is 5.73 Å². The van der Waals surface area contributed by atoms with Crippen molar-refractivity contribution in [3.05, 3.63) is 29.6 Å². The van der Waals surface area contributed by atoms with E-state index in [1.807, 2.05) is 0 Å². The van der Waals surface area contributed by atoms with Gasteiger partial charge in [-0.1, -0.05) is 0 Å². The van der Waals surface area contributed by atoms with Crippen molar-refractivity contribution in [1.82, 2.24) is 5.32 Å². The monoisotopic (exact) mass is 338 g/mol. The van der Waals surface area contributed by atoms with Crippen LogP contribution in [0.25, 0.3) is 0 Å². The van der Waals surface area contributed by atoms with Crippen molar-refractivity contribution < 1.29 is 36.6 Å². The highest BCUT2D eigenvalue weighted by molar-refractivity contribution is 5.79. The molecule has 1 aromatic rings. The van der Waals surface area contributed by atoms with Gasteiger partial charge in [0.25, 0.3) is 0 Å². The van der Waals surface area contributed by atoms with Gasteiger partial charge >= 0.3 is 12.3 Å². The minimum Gasteiger partial charge on any atom is -0.469 e. The summed E-state index contributed by atoms with van der Waals surface area (Å²) in [6.07, 6.45) is -5.46. The predicted octanol–water partition coefficient (Wildman–Crippen LogP) is 1.40. The molecule has 0 fully saturated rings. The number of methoxy groups -OCH3 is 1. The highest BCUT2D eigenvalue weighted by Gasteiger charge is 2.32. The number of esters is 1. The molecule has 0 aliphatic heterocycles. The van der Waals surface area contributed by atoms with E-state index in [0.717, 1.165) is 25.3 Å². The van der Waals surface area contributed by atoms with E-state index in [9.17, 15) is 27.2 Å². The van der Waals surface area contributed by atoms with Crippen molar-refractivity contribution in [3.8, 4) is 5.75 Å². The molecule has 0 aliphatic carbocycles. The quantitative estimate of drug-likeness (QED) is 0.604. The number of rotatable bonds is 6. The largest absolute Gasteiger partial charge is 0.573 e. The molecule has 1 aromatic carbocycles. The summed E-state index contributed by atoms with van der Waals surface area (Å²) in [5.74, 6) is -3.13. The summed E-state index contributed by atoms with van der Waals surface area (Å²) < 4.78 is 58.7. The summed E-state index contributed by atoms with van der Waals surface area (Å²) in [5.41, 5.74) is 4.76. The summed E-state index contributed by atoms with van der Waals surface area (Å²) in [7, 11) is 1.07. The molecular weight excluding hydrogens is 324 g/mol. The summed E-state index contributed by atoms with van der Waals surface area (Å²) in [6, 6.07) is 0.990. The van der Waals surface area contributed by atoms with Crippen molar-refractivity contribution in [1.29, 1.82) is 0 Å². The zero-order valence-corrected chi connectivity index (χ0v) is 11.9. The van der Waals surface area contributed by atoms with Crippen LogP contribution in [0.3, 0.4) is 0 Å². The maximum Gasteiger partial charge on any atom is 0.573 e. The number of hydrogen-bond acceptors (Lipinski definition) is 5. The molecular formula is C13H14F4N2O4. The van der Waals surface area contributed by atoms with Gasteiger partial charge in [-0.2, -0.15) is 0 Å². The van der Waals surface area contributed by atoms with E-state index in [1.54, 1.807) is 0 Å². The van der Waals surface area contributed by atoms with Gasteiger partial charge in [0.2, 0.25) is 5.91 Å². The van der Waals surface area contributed by atoms with Crippen LogP contribution < -0.4 is 15.8 Å². The van der Waals surface area contributed by atoms with Crippen LogP contribution in [-0.2, 0) is 14.3 Å². The van der Waals surface area contributed by atoms with Gasteiger partial charge in [-0.25, -0.2) is 4.39 Å². The fourth-order valence-electron chi connectivity index (χ4n) is 1.73. The Bertz CT molecular complexity index is 560. The van der Waals surface area contributed by atoms with Crippen molar-refractivity contribution in [2.75, 3.05) is 13.7 Å². The van der Waals surface area contributed by atoms with Crippen LogP contribution in [0.5, 0.6) is 5.75 Å². The summed E-state index contributed by atoms with van der Waals surface area (Å²) in [4.78, 5) is 22.7. The normalized spacial score (nSPS) is 12.4. The lowest BCUT2D eigenvalue weighted by Crippen LogP contribution is -2.35. The fourth-order valence-corrected chi connectivity index (χ4v) is 1.73. The van der Waals surface area contributed by atoms with E-state index >= 15 is 0 Å². The lowest BCUT2D eigenvalue weighted by molar-refractivity contribution is -0.274. The van der Waals surface area contributed by atoms with Crippen LogP contribution in [-0.4, -0.2) is 31.9 Å². The number of halogens is 4. The molecule has 0 aliphatic rings. The Kier molecular flexibility index (Phi) is 6.31. The number of ether oxygens (including phenoxy) is 2. The lowest BCUT2D eigenvalue weighted by atomic mass is 10.0. The Morgan fingerprint density at radius 3 is 2.52 bits per heavy atom. The highest BCUT2D eigenvalue weighted by atomic mass is 19.4. The smallest absolute Gasteiger partial charge is 0.469 e. The number of benzene rings is 1. The minimum absolute atomic E-state index is 0.362. The predicted molar refractivity (Wildman–Crippen MR) is 69.7 cm³/mol. The van der Waals surface area contributed by atoms with Crippen LogP contribution in [0.1, 0.15) is 18.0 Å². The molecule has 1 atom stereocenters. The number of nitrogens with two attached hydrogens (primary N) is 1. The molecule has 6 nitrogen and oxygen atoms in total. The number of carbonyl (C=O) groups is 2. The van der Waals surface area contributed by atoms with Crippen molar-refractivity contribution in [2.45, 2.75) is 18.8 Å². The topological polar surface area (TPSA) is 90.7 Å². The third-order valence-electron chi connectivity index (χ3n) is 2.70. The molecule has 1 amide bonds. The van der Waals surface area contributed by atoms with Crippen molar-refractivity contribution >= 4 is 11.9 Å². The van der Waals surface area contributed by atoms with Crippen LogP contribution in [0.4, 0.5) is 17.6 Å². The van der Waals surface area contributed by atoms with E-state index in [2.05, 4.69) is 14.8 Å². The molecule has 3 N–H and O–H groups in total. The lowest BCUT2D eigenvalue weighted by Gasteiger charge is -2.19. The molecule has 1 rings (SSSR count). The van der Waals surface area contributed by atoms with Gasteiger partial charge in [0.1, 0.15) is 11.6 Å². The Hall–Kier alpha value is -2.36. The molecule has 0 saturated heterocycles. The van der Waals surface area contributed by atoms with Crippen LogP contribution in [0, 0.1) is 5.82 Å². The maximum atomic E-state index is 13.9. The number of alkyl halides is 3. The number of hydrogen-bond donors (Lipinski definition) is 2. The highest BCUT2D eigenvalue weighted by Crippen LogP contribution is 2.28. The molecule has 23 heavy (non-hydrogen) atoms. The standard InChI is InChI=1S/C13H14F4N2O4/c1-22-12(21)5-10(19-11(20)6-18)8-4-7(2-3-9(8)14)23-13(15,16)17/h2-4,10H,5-6,18H2,1H3,(H,19,20)/t10-/m0/s1. The third-order valence-corrected chi connectivity index (χ3v) is 2.70. The van der Waals surface area contributed by atoms with Gasteiger partial charge in [0.15, 0.2) is 0 Å². The Balaban J connectivity index is 3.14. The molecule has 128 valence electrons. The Labute approximate surface area is 128 Å². The number of amides is 1. The van der Waals surface area contributed by atoms with Gasteiger partial charge in [0, 0.05) is 5.56 Å². The molecule has 0 spiro atoms. The van der Waals surface area contributed by atoms with Gasteiger partial charge in [-0.05, 0) is 18.2 Å². The van der Waals surface area contributed by atoms with Gasteiger partial charge < -0.3 is 20.5 Å². The first-order valence-corrected chi connectivity index (χ1v) is 6.27. The average molecular weight is 338 g/mol. The second kappa shape index (κ2) is 7.77. The zero-order chi connectivity index (χ0) is 17.6. The van der Waals surface area contributed by atoms with E-state index in [0.29, 0.717) is 0 Å². The molecule has 0 bridgehead atoms.